The Kier molecular flexibility index (Phi) is 9.85. The van der Waals surface area contributed by atoms with Crippen molar-refractivity contribution in [3.8, 4) is 5.75 Å². The SMILES string of the molecule is CC[C@H](C(=O)NC(C)C)N(Cc1ccc(Cl)c(Cl)c1)C(=O)COc1ccccc1C(C)C. The summed E-state index contributed by atoms with van der Waals surface area (Å²) in [5, 5.41) is 3.75. The lowest BCUT2D eigenvalue weighted by molar-refractivity contribution is -0.143. The fourth-order valence-electron chi connectivity index (χ4n) is 3.45. The summed E-state index contributed by atoms with van der Waals surface area (Å²) >= 11 is 12.2. The molecule has 0 bridgehead atoms. The summed E-state index contributed by atoms with van der Waals surface area (Å²) < 4.78 is 5.91. The molecule has 0 heterocycles. The molecule has 0 fully saturated rings. The van der Waals surface area contributed by atoms with Gasteiger partial charge in [-0.15, -0.1) is 0 Å². The van der Waals surface area contributed by atoms with E-state index in [9.17, 15) is 9.59 Å². The van der Waals surface area contributed by atoms with Crippen molar-refractivity contribution < 1.29 is 14.3 Å². The van der Waals surface area contributed by atoms with E-state index in [1.807, 2.05) is 45.0 Å². The van der Waals surface area contributed by atoms with Crippen LogP contribution in [0.25, 0.3) is 0 Å². The van der Waals surface area contributed by atoms with Gasteiger partial charge in [0.15, 0.2) is 6.61 Å². The molecule has 2 aromatic carbocycles. The topological polar surface area (TPSA) is 58.6 Å². The number of benzene rings is 2. The number of hydrogen-bond donors (Lipinski definition) is 1. The van der Waals surface area contributed by atoms with Crippen molar-refractivity contribution in [1.29, 1.82) is 0 Å². The molecule has 7 heteroatoms. The molecule has 0 radical (unpaired) electrons. The van der Waals surface area contributed by atoms with Crippen LogP contribution in [0.15, 0.2) is 42.5 Å². The van der Waals surface area contributed by atoms with Gasteiger partial charge in [0.25, 0.3) is 5.91 Å². The second-order valence-corrected chi connectivity index (χ2v) is 9.15. The Labute approximate surface area is 201 Å². The van der Waals surface area contributed by atoms with E-state index in [0.29, 0.717) is 22.2 Å². The molecule has 0 spiro atoms. The summed E-state index contributed by atoms with van der Waals surface area (Å²) in [6.07, 6.45) is 0.466. The third kappa shape index (κ3) is 7.14. The number of carbonyl (C=O) groups is 2. The average molecular weight is 479 g/mol. The van der Waals surface area contributed by atoms with Crippen molar-refractivity contribution in [2.24, 2.45) is 0 Å². The molecule has 174 valence electrons. The van der Waals surface area contributed by atoms with Crippen LogP contribution in [0.5, 0.6) is 5.75 Å². The first kappa shape index (κ1) is 26.0. The Morgan fingerprint density at radius 3 is 2.31 bits per heavy atom. The molecule has 1 atom stereocenters. The van der Waals surface area contributed by atoms with Crippen molar-refractivity contribution in [2.75, 3.05) is 6.61 Å². The van der Waals surface area contributed by atoms with Gasteiger partial charge in [0.1, 0.15) is 11.8 Å². The third-order valence-electron chi connectivity index (χ3n) is 5.05. The van der Waals surface area contributed by atoms with E-state index >= 15 is 0 Å². The van der Waals surface area contributed by atoms with Crippen LogP contribution in [-0.4, -0.2) is 35.4 Å². The van der Waals surface area contributed by atoms with Crippen molar-refractivity contribution in [1.82, 2.24) is 10.2 Å². The van der Waals surface area contributed by atoms with E-state index < -0.39 is 6.04 Å². The predicted octanol–water partition coefficient (Wildman–Crippen LogP) is 5.83. The Hall–Kier alpha value is -2.24. The molecule has 0 aliphatic rings. The second-order valence-electron chi connectivity index (χ2n) is 8.34. The zero-order valence-electron chi connectivity index (χ0n) is 19.3. The normalized spacial score (nSPS) is 12.0. The van der Waals surface area contributed by atoms with Gasteiger partial charge in [-0.3, -0.25) is 9.59 Å². The summed E-state index contributed by atoms with van der Waals surface area (Å²) in [5.41, 5.74) is 1.81. The molecule has 5 nitrogen and oxygen atoms in total. The van der Waals surface area contributed by atoms with Gasteiger partial charge < -0.3 is 15.0 Å². The van der Waals surface area contributed by atoms with Gasteiger partial charge in [-0.1, -0.05) is 68.2 Å². The molecule has 0 unspecified atom stereocenters. The number of ether oxygens (including phenoxy) is 1. The highest BCUT2D eigenvalue weighted by molar-refractivity contribution is 6.42. The van der Waals surface area contributed by atoms with Crippen LogP contribution >= 0.6 is 23.2 Å². The largest absolute Gasteiger partial charge is 0.483 e. The van der Waals surface area contributed by atoms with Crippen LogP contribution in [0.4, 0.5) is 0 Å². The van der Waals surface area contributed by atoms with Crippen LogP contribution in [0.3, 0.4) is 0 Å². The minimum Gasteiger partial charge on any atom is -0.483 e. The molecule has 0 aliphatic carbocycles. The van der Waals surface area contributed by atoms with Gasteiger partial charge >= 0.3 is 0 Å². The van der Waals surface area contributed by atoms with Gasteiger partial charge in [-0.2, -0.15) is 0 Å². The second kappa shape index (κ2) is 12.1. The maximum atomic E-state index is 13.3. The van der Waals surface area contributed by atoms with E-state index in [4.69, 9.17) is 27.9 Å². The fraction of sp³-hybridized carbons (Fsp3) is 0.440. The summed E-state index contributed by atoms with van der Waals surface area (Å²) in [6.45, 7) is 9.86. The van der Waals surface area contributed by atoms with Crippen LogP contribution in [0.2, 0.25) is 10.0 Å². The maximum absolute atomic E-state index is 13.3. The minimum atomic E-state index is -0.636. The molecular formula is C25H32Cl2N2O3. The summed E-state index contributed by atoms with van der Waals surface area (Å²) in [7, 11) is 0. The number of carbonyl (C=O) groups excluding carboxylic acids is 2. The predicted molar refractivity (Wildman–Crippen MR) is 130 cm³/mol. The smallest absolute Gasteiger partial charge is 0.261 e. The first-order valence-electron chi connectivity index (χ1n) is 10.9. The Balaban J connectivity index is 2.28. The highest BCUT2D eigenvalue weighted by atomic mass is 35.5. The monoisotopic (exact) mass is 478 g/mol. The standard InChI is InChI=1S/C25H32Cl2N2O3/c1-6-22(25(31)28-17(4)5)29(14-18-11-12-20(26)21(27)13-18)24(30)15-32-23-10-8-7-9-19(23)16(2)3/h7-13,16-17,22H,6,14-15H2,1-5H3,(H,28,31)/t22-/m1/s1. The zero-order chi connectivity index (χ0) is 23.8. The molecule has 0 aliphatic heterocycles. The van der Waals surface area contributed by atoms with Gasteiger partial charge in [-0.25, -0.2) is 0 Å². The number of rotatable bonds is 10. The molecule has 32 heavy (non-hydrogen) atoms. The van der Waals surface area contributed by atoms with E-state index in [2.05, 4.69) is 19.2 Å². The number of hydrogen-bond acceptors (Lipinski definition) is 3. The molecule has 2 aromatic rings. The van der Waals surface area contributed by atoms with E-state index in [1.165, 1.54) is 0 Å². The maximum Gasteiger partial charge on any atom is 0.261 e. The lowest BCUT2D eigenvalue weighted by Crippen LogP contribution is -2.51. The van der Waals surface area contributed by atoms with Crippen molar-refractivity contribution in [2.45, 2.75) is 65.6 Å². The number of amides is 2. The quantitative estimate of drug-likeness (QED) is 0.467. The van der Waals surface area contributed by atoms with Crippen LogP contribution in [0, 0.1) is 0 Å². The average Bonchev–Trinajstić information content (AvgIpc) is 2.74. The highest BCUT2D eigenvalue weighted by Gasteiger charge is 2.29. The van der Waals surface area contributed by atoms with Gasteiger partial charge in [0.2, 0.25) is 5.91 Å². The van der Waals surface area contributed by atoms with E-state index in [1.54, 1.807) is 23.1 Å². The van der Waals surface area contributed by atoms with Crippen LogP contribution in [0.1, 0.15) is 58.1 Å². The van der Waals surface area contributed by atoms with Crippen molar-refractivity contribution in [3.05, 3.63) is 63.6 Å². The van der Waals surface area contributed by atoms with Gasteiger partial charge in [0.05, 0.1) is 10.0 Å². The van der Waals surface area contributed by atoms with Crippen LogP contribution in [-0.2, 0) is 16.1 Å². The lowest BCUT2D eigenvalue weighted by atomic mass is 10.0. The molecule has 0 aromatic heterocycles. The zero-order valence-corrected chi connectivity index (χ0v) is 20.8. The molecule has 0 saturated carbocycles. The minimum absolute atomic E-state index is 0.0346. The number of para-hydroxylation sites is 1. The van der Waals surface area contributed by atoms with E-state index in [-0.39, 0.29) is 36.9 Å². The lowest BCUT2D eigenvalue weighted by Gasteiger charge is -2.31. The van der Waals surface area contributed by atoms with Gasteiger partial charge in [-0.05, 0) is 55.5 Å². The molecule has 2 rings (SSSR count). The Bertz CT molecular complexity index is 931. The first-order valence-corrected chi connectivity index (χ1v) is 11.6. The van der Waals surface area contributed by atoms with Crippen molar-refractivity contribution in [3.63, 3.8) is 0 Å². The van der Waals surface area contributed by atoms with Crippen LogP contribution < -0.4 is 10.1 Å². The number of nitrogens with zero attached hydrogens (tertiary/aromatic N) is 1. The number of halogens is 2. The Morgan fingerprint density at radius 2 is 1.72 bits per heavy atom. The summed E-state index contributed by atoms with van der Waals surface area (Å²) in [4.78, 5) is 27.7. The molecular weight excluding hydrogens is 447 g/mol. The van der Waals surface area contributed by atoms with Crippen molar-refractivity contribution >= 4 is 35.0 Å². The molecule has 0 saturated heterocycles. The molecule has 2 amide bonds. The highest BCUT2D eigenvalue weighted by Crippen LogP contribution is 2.27. The first-order chi connectivity index (χ1) is 15.1. The van der Waals surface area contributed by atoms with E-state index in [0.717, 1.165) is 11.1 Å². The van der Waals surface area contributed by atoms with Gasteiger partial charge in [0, 0.05) is 12.6 Å². The third-order valence-corrected chi connectivity index (χ3v) is 5.78. The number of nitrogens with one attached hydrogen (secondary N) is 1. The summed E-state index contributed by atoms with van der Waals surface area (Å²) in [6, 6.07) is 12.2. The Morgan fingerprint density at radius 1 is 1.03 bits per heavy atom. The summed E-state index contributed by atoms with van der Waals surface area (Å²) in [5.74, 6) is 0.456. The molecule has 1 N–H and O–H groups in total. The fourth-order valence-corrected chi connectivity index (χ4v) is 3.77.